The summed E-state index contributed by atoms with van der Waals surface area (Å²) in [6.45, 7) is 0.613. The molecule has 2 amide bonds. The molecule has 1 aliphatic heterocycles. The van der Waals surface area contributed by atoms with Crippen LogP contribution in [0.15, 0.2) is 48.5 Å². The molecule has 0 spiro atoms. The minimum atomic E-state index is 0.0963. The Hall–Kier alpha value is -2.62. The molecule has 0 radical (unpaired) electrons. The molecule has 0 bridgehead atoms. The summed E-state index contributed by atoms with van der Waals surface area (Å²) in [5.74, 6) is 0.243. The van der Waals surface area contributed by atoms with Crippen molar-refractivity contribution in [2.45, 2.75) is 25.8 Å². The molecule has 0 unspecified atom stereocenters. The SMILES string of the molecule is CN(Cc1ccccc1)C(=O)Cc1ccc2c(c1)CCC(=O)N2C. The van der Waals surface area contributed by atoms with E-state index in [0.717, 1.165) is 28.8 Å². The van der Waals surface area contributed by atoms with Crippen LogP contribution in [0, 0.1) is 0 Å². The molecule has 4 nitrogen and oxygen atoms in total. The summed E-state index contributed by atoms with van der Waals surface area (Å²) >= 11 is 0. The highest BCUT2D eigenvalue weighted by molar-refractivity contribution is 5.96. The van der Waals surface area contributed by atoms with E-state index in [1.165, 1.54) is 0 Å². The molecule has 0 N–H and O–H groups in total. The largest absolute Gasteiger partial charge is 0.341 e. The zero-order chi connectivity index (χ0) is 17.1. The molecule has 124 valence electrons. The van der Waals surface area contributed by atoms with E-state index in [9.17, 15) is 9.59 Å². The number of rotatable bonds is 4. The molecule has 1 heterocycles. The molecule has 0 aliphatic carbocycles. The van der Waals surface area contributed by atoms with Gasteiger partial charge in [0.1, 0.15) is 0 Å². The van der Waals surface area contributed by atoms with Gasteiger partial charge in [-0.05, 0) is 29.2 Å². The second-order valence-corrected chi connectivity index (χ2v) is 6.33. The molecule has 3 rings (SSSR count). The minimum absolute atomic E-state index is 0.0963. The Bertz CT molecular complexity index is 755. The van der Waals surface area contributed by atoms with Crippen molar-refractivity contribution in [3.8, 4) is 0 Å². The zero-order valence-corrected chi connectivity index (χ0v) is 14.2. The van der Waals surface area contributed by atoms with Crippen LogP contribution in [0.2, 0.25) is 0 Å². The van der Waals surface area contributed by atoms with Crippen LogP contribution in [0.25, 0.3) is 0 Å². The number of nitrogens with zero attached hydrogens (tertiary/aromatic N) is 2. The van der Waals surface area contributed by atoms with Gasteiger partial charge < -0.3 is 9.80 Å². The monoisotopic (exact) mass is 322 g/mol. The highest BCUT2D eigenvalue weighted by Crippen LogP contribution is 2.27. The molecule has 2 aromatic carbocycles. The third-order valence-corrected chi connectivity index (χ3v) is 4.53. The van der Waals surface area contributed by atoms with Crippen molar-refractivity contribution in [1.82, 2.24) is 4.90 Å². The molecule has 0 saturated carbocycles. The van der Waals surface area contributed by atoms with Crippen LogP contribution >= 0.6 is 0 Å². The molecule has 2 aromatic rings. The van der Waals surface area contributed by atoms with Gasteiger partial charge in [0.25, 0.3) is 0 Å². The van der Waals surface area contributed by atoms with Gasteiger partial charge in [-0.25, -0.2) is 0 Å². The van der Waals surface area contributed by atoms with E-state index in [1.54, 1.807) is 16.8 Å². The number of hydrogen-bond donors (Lipinski definition) is 0. The van der Waals surface area contributed by atoms with Crippen LogP contribution in [0.3, 0.4) is 0 Å². The Balaban J connectivity index is 1.67. The van der Waals surface area contributed by atoms with Crippen molar-refractivity contribution in [3.63, 3.8) is 0 Å². The topological polar surface area (TPSA) is 40.6 Å². The summed E-state index contributed by atoms with van der Waals surface area (Å²) in [5.41, 5.74) is 4.23. The predicted octanol–water partition coefficient (Wildman–Crippen LogP) is 2.80. The fraction of sp³-hybridized carbons (Fsp3) is 0.300. The van der Waals surface area contributed by atoms with Gasteiger partial charge in [-0.3, -0.25) is 9.59 Å². The maximum absolute atomic E-state index is 12.5. The van der Waals surface area contributed by atoms with Crippen LogP contribution < -0.4 is 4.90 Å². The van der Waals surface area contributed by atoms with Gasteiger partial charge in [0.2, 0.25) is 11.8 Å². The van der Waals surface area contributed by atoms with Gasteiger partial charge in [0.15, 0.2) is 0 Å². The first kappa shape index (κ1) is 16.2. The minimum Gasteiger partial charge on any atom is -0.341 e. The molecule has 0 fully saturated rings. The Morgan fingerprint density at radius 3 is 2.58 bits per heavy atom. The van der Waals surface area contributed by atoms with Crippen molar-refractivity contribution < 1.29 is 9.59 Å². The lowest BCUT2D eigenvalue weighted by molar-refractivity contribution is -0.129. The number of carbonyl (C=O) groups is 2. The standard InChI is InChI=1S/C20H22N2O2/c1-21(14-15-6-4-3-5-7-15)20(24)13-16-8-10-18-17(12-16)9-11-19(23)22(18)2/h3-8,10,12H,9,11,13-14H2,1-2H3. The Labute approximate surface area is 142 Å². The van der Waals surface area contributed by atoms with Gasteiger partial charge >= 0.3 is 0 Å². The molecule has 0 aromatic heterocycles. The maximum atomic E-state index is 12.5. The van der Waals surface area contributed by atoms with Crippen molar-refractivity contribution in [3.05, 3.63) is 65.2 Å². The lowest BCUT2D eigenvalue weighted by atomic mass is 9.98. The molecular formula is C20H22N2O2. The van der Waals surface area contributed by atoms with E-state index < -0.39 is 0 Å². The normalized spacial score (nSPS) is 13.6. The number of likely N-dealkylation sites (N-methyl/N-ethyl adjacent to an activating group) is 1. The van der Waals surface area contributed by atoms with Gasteiger partial charge in [0, 0.05) is 32.7 Å². The third kappa shape index (κ3) is 3.48. The van der Waals surface area contributed by atoms with Crippen molar-refractivity contribution in [2.24, 2.45) is 0 Å². The first-order chi connectivity index (χ1) is 11.5. The Morgan fingerprint density at radius 2 is 1.83 bits per heavy atom. The smallest absolute Gasteiger partial charge is 0.227 e. The van der Waals surface area contributed by atoms with Crippen LogP contribution in [0.4, 0.5) is 5.69 Å². The van der Waals surface area contributed by atoms with E-state index in [2.05, 4.69) is 6.07 Å². The number of aryl methyl sites for hydroxylation is 1. The van der Waals surface area contributed by atoms with E-state index in [1.807, 2.05) is 49.5 Å². The Kier molecular flexibility index (Phi) is 4.65. The van der Waals surface area contributed by atoms with Crippen LogP contribution in [0.1, 0.15) is 23.1 Å². The Morgan fingerprint density at radius 1 is 1.08 bits per heavy atom. The van der Waals surface area contributed by atoms with Crippen LogP contribution in [-0.2, 0) is 29.0 Å². The van der Waals surface area contributed by atoms with Gasteiger partial charge in [-0.2, -0.15) is 0 Å². The number of anilines is 1. The summed E-state index contributed by atoms with van der Waals surface area (Å²) in [4.78, 5) is 27.7. The average molecular weight is 322 g/mol. The second kappa shape index (κ2) is 6.87. The highest BCUT2D eigenvalue weighted by atomic mass is 16.2. The van der Waals surface area contributed by atoms with Gasteiger partial charge in [0.05, 0.1) is 6.42 Å². The van der Waals surface area contributed by atoms with Crippen LogP contribution in [-0.4, -0.2) is 30.8 Å². The summed E-state index contributed by atoms with van der Waals surface area (Å²) < 4.78 is 0. The number of carbonyl (C=O) groups excluding carboxylic acids is 2. The van der Waals surface area contributed by atoms with Gasteiger partial charge in [-0.1, -0.05) is 42.5 Å². The van der Waals surface area contributed by atoms with Crippen molar-refractivity contribution >= 4 is 17.5 Å². The molecule has 24 heavy (non-hydrogen) atoms. The quantitative estimate of drug-likeness (QED) is 0.868. The number of hydrogen-bond acceptors (Lipinski definition) is 2. The van der Waals surface area contributed by atoms with Crippen LogP contribution in [0.5, 0.6) is 0 Å². The lowest BCUT2D eigenvalue weighted by Gasteiger charge is -2.26. The predicted molar refractivity (Wildman–Crippen MR) is 94.8 cm³/mol. The molecule has 4 heteroatoms. The van der Waals surface area contributed by atoms with Crippen molar-refractivity contribution in [2.75, 3.05) is 19.0 Å². The van der Waals surface area contributed by atoms with Crippen molar-refractivity contribution in [1.29, 1.82) is 0 Å². The average Bonchev–Trinajstić information content (AvgIpc) is 2.59. The number of amides is 2. The summed E-state index contributed by atoms with van der Waals surface area (Å²) in [5, 5.41) is 0. The third-order valence-electron chi connectivity index (χ3n) is 4.53. The van der Waals surface area contributed by atoms with Gasteiger partial charge in [-0.15, -0.1) is 0 Å². The zero-order valence-electron chi connectivity index (χ0n) is 14.2. The first-order valence-electron chi connectivity index (χ1n) is 8.21. The van der Waals surface area contributed by atoms with E-state index in [-0.39, 0.29) is 11.8 Å². The lowest BCUT2D eigenvalue weighted by Crippen LogP contribution is -2.31. The number of benzene rings is 2. The highest BCUT2D eigenvalue weighted by Gasteiger charge is 2.21. The fourth-order valence-electron chi connectivity index (χ4n) is 3.07. The van der Waals surface area contributed by atoms with E-state index >= 15 is 0 Å². The maximum Gasteiger partial charge on any atom is 0.227 e. The molecule has 1 aliphatic rings. The summed E-state index contributed by atoms with van der Waals surface area (Å²) in [6.07, 6.45) is 1.67. The fourth-order valence-corrected chi connectivity index (χ4v) is 3.07. The number of fused-ring (bicyclic) bond motifs is 1. The summed E-state index contributed by atoms with van der Waals surface area (Å²) in [7, 11) is 3.64. The molecule has 0 saturated heterocycles. The molecular weight excluding hydrogens is 300 g/mol. The summed E-state index contributed by atoms with van der Waals surface area (Å²) in [6, 6.07) is 15.9. The first-order valence-corrected chi connectivity index (χ1v) is 8.21. The molecule has 0 atom stereocenters. The second-order valence-electron chi connectivity index (χ2n) is 6.33. The van der Waals surface area contributed by atoms with E-state index in [0.29, 0.717) is 19.4 Å². The van der Waals surface area contributed by atoms with E-state index in [4.69, 9.17) is 0 Å².